The molecule has 1 saturated heterocycles. The summed E-state index contributed by atoms with van der Waals surface area (Å²) >= 11 is 17.9. The van der Waals surface area contributed by atoms with Crippen LogP contribution in [0.1, 0.15) is 24.8 Å². The Kier molecular flexibility index (Phi) is 6.08. The van der Waals surface area contributed by atoms with Crippen LogP contribution >= 0.6 is 34.8 Å². The molecule has 9 heteroatoms. The molecule has 5 nitrogen and oxygen atoms in total. The molecule has 30 heavy (non-hydrogen) atoms. The summed E-state index contributed by atoms with van der Waals surface area (Å²) in [5.74, 6) is -0.0518. The fraction of sp³-hybridized carbons (Fsp3) is 0.381. The molecule has 1 spiro atoms. The molecule has 1 saturated carbocycles. The number of nitrogens with one attached hydrogen (secondary N) is 1. The smallest absolute Gasteiger partial charge is 0.243 e. The van der Waals surface area contributed by atoms with Crippen molar-refractivity contribution in [3.05, 3.63) is 63.1 Å². The molecule has 0 bridgehead atoms. The van der Waals surface area contributed by atoms with Gasteiger partial charge in [0.05, 0.1) is 4.90 Å². The monoisotopic (exact) mass is 486 g/mol. The number of aryl methyl sites for hydroxylation is 1. The molecule has 160 valence electrons. The quantitative estimate of drug-likeness (QED) is 0.650. The van der Waals surface area contributed by atoms with Gasteiger partial charge in [-0.3, -0.25) is 4.79 Å². The number of benzene rings is 2. The summed E-state index contributed by atoms with van der Waals surface area (Å²) in [6, 6.07) is 11.4. The second-order valence-electron chi connectivity index (χ2n) is 7.98. The Labute approximate surface area is 191 Å². The van der Waals surface area contributed by atoms with Gasteiger partial charge in [0.1, 0.15) is 0 Å². The van der Waals surface area contributed by atoms with Gasteiger partial charge < -0.3 is 5.32 Å². The number of hydrogen-bond donors (Lipinski definition) is 1. The van der Waals surface area contributed by atoms with Gasteiger partial charge in [0.2, 0.25) is 15.9 Å². The maximum absolute atomic E-state index is 12.8. The highest BCUT2D eigenvalue weighted by Crippen LogP contribution is 2.50. The highest BCUT2D eigenvalue weighted by atomic mass is 35.5. The van der Waals surface area contributed by atoms with E-state index in [-0.39, 0.29) is 22.3 Å². The van der Waals surface area contributed by atoms with Gasteiger partial charge in [0.25, 0.3) is 0 Å². The molecular formula is C21H21Cl3N2O3S. The first-order valence-electron chi connectivity index (χ1n) is 9.69. The van der Waals surface area contributed by atoms with Crippen molar-refractivity contribution in [1.82, 2.24) is 9.62 Å². The topological polar surface area (TPSA) is 66.5 Å². The van der Waals surface area contributed by atoms with Crippen molar-refractivity contribution in [2.45, 2.75) is 36.6 Å². The Morgan fingerprint density at radius 2 is 1.73 bits per heavy atom. The molecule has 1 unspecified atom stereocenters. The van der Waals surface area contributed by atoms with Crippen LogP contribution in [-0.2, 0) is 21.2 Å². The van der Waals surface area contributed by atoms with Crippen LogP contribution < -0.4 is 5.32 Å². The number of carbonyl (C=O) groups excluding carboxylic acids is 1. The van der Waals surface area contributed by atoms with Gasteiger partial charge in [-0.2, -0.15) is 4.31 Å². The van der Waals surface area contributed by atoms with Crippen LogP contribution in [-0.4, -0.2) is 37.8 Å². The van der Waals surface area contributed by atoms with Crippen LogP contribution in [0.3, 0.4) is 0 Å². The van der Waals surface area contributed by atoms with E-state index in [0.717, 1.165) is 18.4 Å². The van der Waals surface area contributed by atoms with Crippen LogP contribution in [0, 0.1) is 5.41 Å². The van der Waals surface area contributed by atoms with Crippen molar-refractivity contribution in [2.24, 2.45) is 5.41 Å². The predicted molar refractivity (Wildman–Crippen MR) is 119 cm³/mol. The van der Waals surface area contributed by atoms with E-state index in [0.29, 0.717) is 41.0 Å². The number of sulfonamides is 1. The van der Waals surface area contributed by atoms with Gasteiger partial charge in [0, 0.05) is 46.0 Å². The molecule has 1 heterocycles. The highest BCUT2D eigenvalue weighted by Gasteiger charge is 2.58. The fourth-order valence-electron chi connectivity index (χ4n) is 4.12. The van der Waals surface area contributed by atoms with E-state index in [1.807, 2.05) is 6.07 Å². The van der Waals surface area contributed by atoms with E-state index in [9.17, 15) is 13.2 Å². The summed E-state index contributed by atoms with van der Waals surface area (Å²) in [6.45, 7) is 0.845. The van der Waals surface area contributed by atoms with E-state index < -0.39 is 10.0 Å². The number of amides is 1. The minimum Gasteiger partial charge on any atom is -0.353 e. The molecule has 1 atom stereocenters. The van der Waals surface area contributed by atoms with Crippen LogP contribution in [0.15, 0.2) is 47.4 Å². The number of carbonyl (C=O) groups is 1. The first-order valence-corrected chi connectivity index (χ1v) is 12.3. The third-order valence-electron chi connectivity index (χ3n) is 6.08. The van der Waals surface area contributed by atoms with E-state index >= 15 is 0 Å². The van der Waals surface area contributed by atoms with Crippen molar-refractivity contribution < 1.29 is 13.2 Å². The van der Waals surface area contributed by atoms with Gasteiger partial charge in [-0.05, 0) is 61.2 Å². The Morgan fingerprint density at radius 1 is 1.07 bits per heavy atom. The van der Waals surface area contributed by atoms with Gasteiger partial charge in [-0.15, -0.1) is 0 Å². The minimum absolute atomic E-state index is 0.00218. The molecule has 1 aliphatic carbocycles. The van der Waals surface area contributed by atoms with E-state index in [4.69, 9.17) is 34.8 Å². The first kappa shape index (κ1) is 21.9. The molecule has 1 aliphatic heterocycles. The number of rotatable bonds is 6. The van der Waals surface area contributed by atoms with Crippen LogP contribution in [0.25, 0.3) is 0 Å². The van der Waals surface area contributed by atoms with Crippen LogP contribution in [0.4, 0.5) is 0 Å². The Hall–Kier alpha value is -1.31. The summed E-state index contributed by atoms with van der Waals surface area (Å²) in [5, 5.41) is 4.69. The average Bonchev–Trinajstić information content (AvgIpc) is 2.64. The summed E-state index contributed by atoms with van der Waals surface area (Å²) < 4.78 is 27.0. The number of nitrogens with zero attached hydrogens (tertiary/aromatic N) is 1. The van der Waals surface area contributed by atoms with Crippen molar-refractivity contribution in [1.29, 1.82) is 0 Å². The van der Waals surface area contributed by atoms with Crippen molar-refractivity contribution >= 4 is 50.7 Å². The van der Waals surface area contributed by atoms with Crippen LogP contribution in [0.2, 0.25) is 15.1 Å². The van der Waals surface area contributed by atoms with Gasteiger partial charge in [0.15, 0.2) is 0 Å². The molecule has 1 amide bonds. The van der Waals surface area contributed by atoms with E-state index in [1.54, 1.807) is 24.3 Å². The summed E-state index contributed by atoms with van der Waals surface area (Å²) in [7, 11) is -3.54. The zero-order valence-electron chi connectivity index (χ0n) is 16.1. The van der Waals surface area contributed by atoms with Gasteiger partial charge in [-0.1, -0.05) is 40.9 Å². The van der Waals surface area contributed by atoms with E-state index in [2.05, 4.69) is 5.32 Å². The average molecular weight is 488 g/mol. The lowest BCUT2D eigenvalue weighted by atomic mass is 9.60. The van der Waals surface area contributed by atoms with Gasteiger partial charge >= 0.3 is 0 Å². The summed E-state index contributed by atoms with van der Waals surface area (Å²) in [4.78, 5) is 12.7. The molecule has 0 radical (unpaired) electrons. The normalized spacial score (nSPS) is 20.4. The maximum atomic E-state index is 12.8. The fourth-order valence-corrected chi connectivity index (χ4v) is 6.38. The predicted octanol–water partition coefficient (Wildman–Crippen LogP) is 4.55. The van der Waals surface area contributed by atoms with Crippen molar-refractivity contribution in [3.8, 4) is 0 Å². The van der Waals surface area contributed by atoms with Crippen molar-refractivity contribution in [2.75, 3.05) is 13.1 Å². The Morgan fingerprint density at radius 3 is 2.33 bits per heavy atom. The summed E-state index contributed by atoms with van der Waals surface area (Å²) in [6.07, 6.45) is 2.62. The third-order valence-corrected chi connectivity index (χ3v) is 8.72. The van der Waals surface area contributed by atoms with E-state index in [1.165, 1.54) is 16.4 Å². The molecule has 2 aromatic rings. The molecule has 1 N–H and O–H groups in total. The summed E-state index contributed by atoms with van der Waals surface area (Å²) in [5.41, 5.74) is 0.719. The minimum atomic E-state index is -3.54. The SMILES string of the molecule is O=C(CCc1ccc(Cl)cc1Cl)NC1CCC12CN(S(=O)(=O)c1ccc(Cl)cc1)C2. The molecule has 2 fully saturated rings. The molecule has 0 aromatic heterocycles. The highest BCUT2D eigenvalue weighted by molar-refractivity contribution is 7.89. The molecular weight excluding hydrogens is 467 g/mol. The van der Waals surface area contributed by atoms with Crippen molar-refractivity contribution in [3.63, 3.8) is 0 Å². The Bertz CT molecular complexity index is 1070. The standard InChI is InChI=1S/C21H21Cl3N2O3S/c22-15-4-6-17(7-5-15)30(28,29)26-12-21(13-26)10-9-19(21)25-20(27)8-2-14-1-3-16(23)11-18(14)24/h1,3-7,11,19H,2,8-10,12-13H2,(H,25,27). The zero-order chi connectivity index (χ0) is 21.5. The third kappa shape index (κ3) is 4.21. The molecule has 2 aliphatic rings. The second kappa shape index (κ2) is 8.32. The molecule has 4 rings (SSSR count). The molecule has 2 aromatic carbocycles. The lowest BCUT2D eigenvalue weighted by Gasteiger charge is -2.59. The first-order chi connectivity index (χ1) is 14.2. The number of hydrogen-bond acceptors (Lipinski definition) is 3. The van der Waals surface area contributed by atoms with Gasteiger partial charge in [-0.25, -0.2) is 8.42 Å². The van der Waals surface area contributed by atoms with Crippen LogP contribution in [0.5, 0.6) is 0 Å². The number of halogens is 3. The zero-order valence-corrected chi connectivity index (χ0v) is 19.2. The maximum Gasteiger partial charge on any atom is 0.243 e. The lowest BCUT2D eigenvalue weighted by Crippen LogP contribution is -2.71. The Balaban J connectivity index is 1.31. The largest absolute Gasteiger partial charge is 0.353 e. The second-order valence-corrected chi connectivity index (χ2v) is 11.2. The lowest BCUT2D eigenvalue weighted by molar-refractivity contribution is -0.127.